The minimum absolute atomic E-state index is 0. The highest BCUT2D eigenvalue weighted by Gasteiger charge is 2.21. The molecule has 0 spiro atoms. The second-order valence-electron chi connectivity index (χ2n) is 6.31. The molecule has 2 rings (SSSR count). The number of guanidine groups is 1. The second-order valence-corrected chi connectivity index (χ2v) is 6.31. The summed E-state index contributed by atoms with van der Waals surface area (Å²) in [5.74, 6) is 4.22. The molecular formula is C15H29IN6. The van der Waals surface area contributed by atoms with Crippen molar-refractivity contribution >= 4 is 29.9 Å². The van der Waals surface area contributed by atoms with Gasteiger partial charge in [-0.05, 0) is 32.1 Å². The highest BCUT2D eigenvalue weighted by atomic mass is 127. The normalized spacial score (nSPS) is 19.4. The van der Waals surface area contributed by atoms with Crippen molar-refractivity contribution in [2.24, 2.45) is 16.8 Å². The minimum Gasteiger partial charge on any atom is -0.356 e. The number of rotatable bonds is 4. The summed E-state index contributed by atoms with van der Waals surface area (Å²) in [7, 11) is 1.82. The van der Waals surface area contributed by atoms with Gasteiger partial charge in [-0.1, -0.05) is 13.8 Å². The molecule has 2 atom stereocenters. The fraction of sp³-hybridized carbons (Fsp3) is 0.800. The van der Waals surface area contributed by atoms with Gasteiger partial charge in [0.05, 0.1) is 0 Å². The first-order valence-corrected chi connectivity index (χ1v) is 7.87. The van der Waals surface area contributed by atoms with E-state index in [1.165, 1.54) is 0 Å². The third-order valence-corrected chi connectivity index (χ3v) is 4.38. The van der Waals surface area contributed by atoms with Crippen molar-refractivity contribution in [1.29, 1.82) is 0 Å². The largest absolute Gasteiger partial charge is 0.356 e. The van der Waals surface area contributed by atoms with Gasteiger partial charge < -0.3 is 15.2 Å². The molecule has 6 nitrogen and oxygen atoms in total. The SMILES string of the molecule is CN=C(NCC1CCc2nnc(C)n2C1)NC(C)C(C)C.I. The average Bonchev–Trinajstić information content (AvgIpc) is 2.84. The van der Waals surface area contributed by atoms with Gasteiger partial charge in [0.25, 0.3) is 0 Å². The van der Waals surface area contributed by atoms with Crippen LogP contribution in [0.1, 0.15) is 38.8 Å². The summed E-state index contributed by atoms with van der Waals surface area (Å²) in [5.41, 5.74) is 0. The summed E-state index contributed by atoms with van der Waals surface area (Å²) >= 11 is 0. The molecule has 2 heterocycles. The number of nitrogens with zero attached hydrogens (tertiary/aromatic N) is 4. The van der Waals surface area contributed by atoms with Crippen molar-refractivity contribution < 1.29 is 0 Å². The van der Waals surface area contributed by atoms with Crippen LogP contribution in [0.3, 0.4) is 0 Å². The molecule has 0 radical (unpaired) electrons. The third-order valence-electron chi connectivity index (χ3n) is 4.38. The predicted octanol–water partition coefficient (Wildman–Crippen LogP) is 1.98. The van der Waals surface area contributed by atoms with Crippen LogP contribution in [0.2, 0.25) is 0 Å². The van der Waals surface area contributed by atoms with E-state index in [4.69, 9.17) is 0 Å². The molecule has 1 aromatic rings. The van der Waals surface area contributed by atoms with Crippen LogP contribution in [0.25, 0.3) is 0 Å². The number of aromatic nitrogens is 3. The van der Waals surface area contributed by atoms with Crippen molar-refractivity contribution in [2.45, 2.75) is 53.1 Å². The zero-order valence-electron chi connectivity index (χ0n) is 14.3. The minimum atomic E-state index is 0. The molecule has 0 saturated heterocycles. The fourth-order valence-electron chi connectivity index (χ4n) is 2.51. The zero-order valence-corrected chi connectivity index (χ0v) is 16.6. The lowest BCUT2D eigenvalue weighted by atomic mass is 9.99. The lowest BCUT2D eigenvalue weighted by Crippen LogP contribution is -2.46. The number of aryl methyl sites for hydroxylation is 2. The molecule has 0 bridgehead atoms. The van der Waals surface area contributed by atoms with E-state index in [0.29, 0.717) is 17.9 Å². The smallest absolute Gasteiger partial charge is 0.191 e. The van der Waals surface area contributed by atoms with Crippen molar-refractivity contribution in [3.8, 4) is 0 Å². The summed E-state index contributed by atoms with van der Waals surface area (Å²) in [6.07, 6.45) is 2.17. The Morgan fingerprint density at radius 1 is 1.36 bits per heavy atom. The second kappa shape index (κ2) is 8.69. The third kappa shape index (κ3) is 4.82. The van der Waals surface area contributed by atoms with Gasteiger partial charge in [0.1, 0.15) is 11.6 Å². The van der Waals surface area contributed by atoms with Gasteiger partial charge >= 0.3 is 0 Å². The van der Waals surface area contributed by atoms with Crippen LogP contribution < -0.4 is 10.6 Å². The van der Waals surface area contributed by atoms with Crippen LogP contribution in [0.15, 0.2) is 4.99 Å². The van der Waals surface area contributed by atoms with E-state index in [9.17, 15) is 0 Å². The molecule has 1 aliphatic rings. The average molecular weight is 420 g/mol. The summed E-state index contributed by atoms with van der Waals surface area (Å²) in [6.45, 7) is 10.6. The molecular weight excluding hydrogens is 391 g/mol. The Hall–Kier alpha value is -0.860. The lowest BCUT2D eigenvalue weighted by Gasteiger charge is -2.26. The molecule has 126 valence electrons. The molecule has 1 aromatic heterocycles. The number of aliphatic imine (C=N–C) groups is 1. The highest BCUT2D eigenvalue weighted by molar-refractivity contribution is 14.0. The van der Waals surface area contributed by atoms with E-state index in [2.05, 4.69) is 51.2 Å². The molecule has 1 aliphatic heterocycles. The van der Waals surface area contributed by atoms with E-state index in [0.717, 1.165) is 43.5 Å². The Labute approximate surface area is 150 Å². The standard InChI is InChI=1S/C15H28N6.HI/c1-10(2)11(3)18-15(16-5)17-8-13-6-7-14-20-19-12(4)21(14)9-13;/h10-11,13H,6-9H2,1-5H3,(H2,16,17,18);1H. The Morgan fingerprint density at radius 3 is 2.73 bits per heavy atom. The predicted molar refractivity (Wildman–Crippen MR) is 101 cm³/mol. The maximum absolute atomic E-state index is 4.31. The summed E-state index contributed by atoms with van der Waals surface area (Å²) in [5, 5.41) is 15.3. The van der Waals surface area contributed by atoms with Gasteiger partial charge in [-0.25, -0.2) is 0 Å². The van der Waals surface area contributed by atoms with E-state index in [1.807, 2.05) is 14.0 Å². The van der Waals surface area contributed by atoms with Gasteiger partial charge in [-0.2, -0.15) is 0 Å². The van der Waals surface area contributed by atoms with E-state index in [1.54, 1.807) is 0 Å². The molecule has 7 heteroatoms. The van der Waals surface area contributed by atoms with Gasteiger partial charge in [-0.15, -0.1) is 34.2 Å². The van der Waals surface area contributed by atoms with Crippen molar-refractivity contribution in [3.63, 3.8) is 0 Å². The zero-order chi connectivity index (χ0) is 15.4. The first-order chi connectivity index (χ1) is 10.0. The van der Waals surface area contributed by atoms with Gasteiger partial charge in [-0.3, -0.25) is 4.99 Å². The van der Waals surface area contributed by atoms with Crippen LogP contribution in [-0.2, 0) is 13.0 Å². The number of fused-ring (bicyclic) bond motifs is 1. The van der Waals surface area contributed by atoms with Crippen LogP contribution >= 0.6 is 24.0 Å². The van der Waals surface area contributed by atoms with Crippen molar-refractivity contribution in [2.75, 3.05) is 13.6 Å². The first-order valence-electron chi connectivity index (χ1n) is 7.87. The maximum atomic E-state index is 4.31. The maximum Gasteiger partial charge on any atom is 0.191 e. The molecule has 2 unspecified atom stereocenters. The fourth-order valence-corrected chi connectivity index (χ4v) is 2.51. The Morgan fingerprint density at radius 2 is 2.09 bits per heavy atom. The van der Waals surface area contributed by atoms with E-state index in [-0.39, 0.29) is 24.0 Å². The molecule has 0 amide bonds. The summed E-state index contributed by atoms with van der Waals surface area (Å²) in [6, 6.07) is 0.411. The van der Waals surface area contributed by atoms with Crippen LogP contribution in [0.5, 0.6) is 0 Å². The topological polar surface area (TPSA) is 67.1 Å². The molecule has 0 saturated carbocycles. The Kier molecular flexibility index (Phi) is 7.58. The monoisotopic (exact) mass is 420 g/mol. The molecule has 0 aromatic carbocycles. The number of halogens is 1. The Bertz CT molecular complexity index is 496. The van der Waals surface area contributed by atoms with Gasteiger partial charge in [0, 0.05) is 32.6 Å². The molecule has 0 fully saturated rings. The first kappa shape index (κ1) is 19.2. The number of hydrogen-bond donors (Lipinski definition) is 2. The molecule has 0 aliphatic carbocycles. The van der Waals surface area contributed by atoms with E-state index >= 15 is 0 Å². The number of nitrogens with one attached hydrogen (secondary N) is 2. The number of hydrogen-bond acceptors (Lipinski definition) is 3. The molecule has 2 N–H and O–H groups in total. The quantitative estimate of drug-likeness (QED) is 0.444. The highest BCUT2D eigenvalue weighted by Crippen LogP contribution is 2.19. The molecule has 22 heavy (non-hydrogen) atoms. The van der Waals surface area contributed by atoms with Crippen LogP contribution in [0.4, 0.5) is 0 Å². The van der Waals surface area contributed by atoms with Crippen molar-refractivity contribution in [3.05, 3.63) is 11.6 Å². The summed E-state index contributed by atoms with van der Waals surface area (Å²) < 4.78 is 2.24. The van der Waals surface area contributed by atoms with Gasteiger partial charge in [0.15, 0.2) is 5.96 Å². The van der Waals surface area contributed by atoms with Gasteiger partial charge in [0.2, 0.25) is 0 Å². The van der Waals surface area contributed by atoms with E-state index < -0.39 is 0 Å². The van der Waals surface area contributed by atoms with Crippen LogP contribution in [0, 0.1) is 18.8 Å². The lowest BCUT2D eigenvalue weighted by molar-refractivity contribution is 0.357. The van der Waals surface area contributed by atoms with Crippen molar-refractivity contribution in [1.82, 2.24) is 25.4 Å². The summed E-state index contributed by atoms with van der Waals surface area (Å²) in [4.78, 5) is 4.31. The Balaban J connectivity index is 0.00000242. The van der Waals surface area contributed by atoms with Crippen LogP contribution in [-0.4, -0.2) is 40.4 Å².